The Bertz CT molecular complexity index is 852. The van der Waals surface area contributed by atoms with Gasteiger partial charge in [0.15, 0.2) is 0 Å². The van der Waals surface area contributed by atoms with E-state index in [-0.39, 0.29) is 6.03 Å². The second kappa shape index (κ2) is 5.73. The summed E-state index contributed by atoms with van der Waals surface area (Å²) in [5.41, 5.74) is 1.53. The highest BCUT2D eigenvalue weighted by atomic mass is 16.5. The van der Waals surface area contributed by atoms with Gasteiger partial charge in [-0.1, -0.05) is 30.3 Å². The molecule has 3 aromatic rings. The fraction of sp³-hybridized carbons (Fsp3) is 0.0588. The van der Waals surface area contributed by atoms with E-state index >= 15 is 0 Å². The molecule has 0 fully saturated rings. The molecule has 1 amide bonds. The van der Waals surface area contributed by atoms with Crippen LogP contribution in [-0.2, 0) is 4.74 Å². The van der Waals surface area contributed by atoms with Crippen molar-refractivity contribution >= 4 is 28.6 Å². The van der Waals surface area contributed by atoms with Crippen molar-refractivity contribution in [3.8, 4) is 0 Å². The first-order valence-corrected chi connectivity index (χ1v) is 6.75. The van der Waals surface area contributed by atoms with Crippen LogP contribution in [0, 0.1) is 0 Å². The van der Waals surface area contributed by atoms with Gasteiger partial charge in [0, 0.05) is 11.6 Å². The summed E-state index contributed by atoms with van der Waals surface area (Å²) in [5, 5.41) is 3.71. The van der Waals surface area contributed by atoms with Crippen LogP contribution in [0.2, 0.25) is 0 Å². The number of methoxy groups -OCH3 is 1. The SMILES string of the molecule is COC(=O)c1ccccc1NC(=O)n1ccc2ccccc21. The number of nitrogens with one attached hydrogen (secondary N) is 1. The van der Waals surface area contributed by atoms with Gasteiger partial charge < -0.3 is 10.1 Å². The molecule has 0 spiro atoms. The highest BCUT2D eigenvalue weighted by Crippen LogP contribution is 2.19. The Hall–Kier alpha value is -3.08. The zero-order valence-corrected chi connectivity index (χ0v) is 11.9. The molecule has 0 atom stereocenters. The summed E-state index contributed by atoms with van der Waals surface area (Å²) in [6, 6.07) is 15.8. The van der Waals surface area contributed by atoms with Gasteiger partial charge in [-0.25, -0.2) is 9.59 Å². The van der Waals surface area contributed by atoms with E-state index in [1.807, 2.05) is 30.3 Å². The second-order valence-electron chi connectivity index (χ2n) is 4.71. The third-order valence-corrected chi connectivity index (χ3v) is 3.39. The maximum atomic E-state index is 12.5. The lowest BCUT2D eigenvalue weighted by atomic mass is 10.2. The molecule has 0 aliphatic carbocycles. The molecule has 0 saturated heterocycles. The molecule has 0 aliphatic rings. The summed E-state index contributed by atoms with van der Waals surface area (Å²) in [4.78, 5) is 24.2. The summed E-state index contributed by atoms with van der Waals surface area (Å²) in [5.74, 6) is -0.492. The average Bonchev–Trinajstić information content (AvgIpc) is 2.99. The van der Waals surface area contributed by atoms with Crippen LogP contribution < -0.4 is 5.32 Å². The van der Waals surface area contributed by atoms with Crippen LogP contribution in [0.5, 0.6) is 0 Å². The van der Waals surface area contributed by atoms with Crippen LogP contribution in [0.1, 0.15) is 10.4 Å². The summed E-state index contributed by atoms with van der Waals surface area (Å²) >= 11 is 0. The van der Waals surface area contributed by atoms with Crippen molar-refractivity contribution in [2.24, 2.45) is 0 Å². The maximum Gasteiger partial charge on any atom is 0.339 e. The fourth-order valence-electron chi connectivity index (χ4n) is 2.32. The minimum absolute atomic E-state index is 0.315. The highest BCUT2D eigenvalue weighted by Gasteiger charge is 2.14. The molecule has 2 aromatic carbocycles. The van der Waals surface area contributed by atoms with E-state index in [9.17, 15) is 9.59 Å². The van der Waals surface area contributed by atoms with Gasteiger partial charge in [-0.3, -0.25) is 4.57 Å². The predicted molar refractivity (Wildman–Crippen MR) is 84.1 cm³/mol. The van der Waals surface area contributed by atoms with Gasteiger partial charge >= 0.3 is 12.0 Å². The van der Waals surface area contributed by atoms with Gasteiger partial charge in [0.1, 0.15) is 0 Å². The van der Waals surface area contributed by atoms with Crippen molar-refractivity contribution in [3.63, 3.8) is 0 Å². The molecule has 3 rings (SSSR count). The number of carbonyl (C=O) groups excluding carboxylic acids is 2. The molecule has 0 radical (unpaired) electrons. The number of esters is 1. The van der Waals surface area contributed by atoms with Crippen molar-refractivity contribution in [2.45, 2.75) is 0 Å². The third-order valence-electron chi connectivity index (χ3n) is 3.39. The van der Waals surface area contributed by atoms with Crippen LogP contribution in [0.25, 0.3) is 10.9 Å². The summed E-state index contributed by atoms with van der Waals surface area (Å²) in [6.07, 6.45) is 1.70. The predicted octanol–water partition coefficient (Wildman–Crippen LogP) is 3.51. The van der Waals surface area contributed by atoms with Gasteiger partial charge in [0.2, 0.25) is 0 Å². The average molecular weight is 294 g/mol. The summed E-state index contributed by atoms with van der Waals surface area (Å²) < 4.78 is 6.23. The van der Waals surface area contributed by atoms with Crippen LogP contribution in [0.3, 0.4) is 0 Å². The second-order valence-corrected chi connectivity index (χ2v) is 4.71. The molecule has 22 heavy (non-hydrogen) atoms. The Balaban J connectivity index is 1.94. The quantitative estimate of drug-likeness (QED) is 0.736. The lowest BCUT2D eigenvalue weighted by Crippen LogP contribution is -2.20. The van der Waals surface area contributed by atoms with E-state index < -0.39 is 5.97 Å². The minimum atomic E-state index is -0.492. The lowest BCUT2D eigenvalue weighted by Gasteiger charge is -2.10. The normalized spacial score (nSPS) is 10.4. The van der Waals surface area contributed by atoms with Gasteiger partial charge in [-0.05, 0) is 24.3 Å². The molecular formula is C17H14N2O3. The Morgan fingerprint density at radius 1 is 1.00 bits per heavy atom. The Labute approximate surface area is 127 Å². The molecule has 5 heteroatoms. The number of fused-ring (bicyclic) bond motifs is 1. The van der Waals surface area contributed by atoms with Crippen LogP contribution in [0.15, 0.2) is 60.8 Å². The molecular weight excluding hydrogens is 280 g/mol. The number of rotatable bonds is 2. The van der Waals surface area contributed by atoms with Gasteiger partial charge in [-0.15, -0.1) is 0 Å². The summed E-state index contributed by atoms with van der Waals surface area (Å²) in [7, 11) is 1.31. The number of hydrogen-bond donors (Lipinski definition) is 1. The van der Waals surface area contributed by atoms with Gasteiger partial charge in [0.25, 0.3) is 0 Å². The Morgan fingerprint density at radius 2 is 1.73 bits per heavy atom. The van der Waals surface area contributed by atoms with E-state index in [0.29, 0.717) is 11.3 Å². The highest BCUT2D eigenvalue weighted by molar-refractivity contribution is 6.03. The molecule has 0 unspecified atom stereocenters. The number of carbonyl (C=O) groups is 2. The first-order valence-electron chi connectivity index (χ1n) is 6.75. The minimum Gasteiger partial charge on any atom is -0.465 e. The first kappa shape index (κ1) is 13.9. The van der Waals surface area contributed by atoms with Crippen LogP contribution in [-0.4, -0.2) is 23.7 Å². The van der Waals surface area contributed by atoms with Crippen molar-refractivity contribution in [3.05, 3.63) is 66.4 Å². The van der Waals surface area contributed by atoms with Gasteiger partial charge in [0.05, 0.1) is 23.9 Å². The van der Waals surface area contributed by atoms with E-state index in [0.717, 1.165) is 10.9 Å². The van der Waals surface area contributed by atoms with Crippen molar-refractivity contribution in [2.75, 3.05) is 12.4 Å². The molecule has 1 N–H and O–H groups in total. The summed E-state index contributed by atoms with van der Waals surface area (Å²) in [6.45, 7) is 0. The number of para-hydroxylation sites is 2. The topological polar surface area (TPSA) is 60.3 Å². The Kier molecular flexibility index (Phi) is 3.62. The molecule has 1 heterocycles. The molecule has 5 nitrogen and oxygen atoms in total. The monoisotopic (exact) mass is 294 g/mol. The number of ether oxygens (including phenoxy) is 1. The van der Waals surface area contributed by atoms with Crippen molar-refractivity contribution in [1.29, 1.82) is 0 Å². The zero-order valence-electron chi connectivity index (χ0n) is 11.9. The molecule has 110 valence electrons. The zero-order chi connectivity index (χ0) is 15.5. The number of aromatic nitrogens is 1. The van der Waals surface area contributed by atoms with Crippen LogP contribution in [0.4, 0.5) is 10.5 Å². The number of benzene rings is 2. The lowest BCUT2D eigenvalue weighted by molar-refractivity contribution is 0.0602. The van der Waals surface area contributed by atoms with Crippen LogP contribution >= 0.6 is 0 Å². The van der Waals surface area contributed by atoms with E-state index in [1.54, 1.807) is 30.5 Å². The van der Waals surface area contributed by atoms with E-state index in [2.05, 4.69) is 5.32 Å². The molecule has 0 bridgehead atoms. The largest absolute Gasteiger partial charge is 0.465 e. The van der Waals surface area contributed by atoms with Gasteiger partial charge in [-0.2, -0.15) is 0 Å². The van der Waals surface area contributed by atoms with Crippen molar-refractivity contribution < 1.29 is 14.3 Å². The number of amides is 1. The fourth-order valence-corrected chi connectivity index (χ4v) is 2.32. The first-order chi connectivity index (χ1) is 10.7. The maximum absolute atomic E-state index is 12.5. The van der Waals surface area contributed by atoms with E-state index in [4.69, 9.17) is 4.74 Å². The third kappa shape index (κ3) is 2.44. The number of anilines is 1. The standard InChI is InChI=1S/C17H14N2O3/c1-22-16(20)13-7-3-4-8-14(13)18-17(21)19-11-10-12-6-2-5-9-15(12)19/h2-11H,1H3,(H,18,21). The number of hydrogen-bond acceptors (Lipinski definition) is 3. The molecule has 0 saturated carbocycles. The van der Waals surface area contributed by atoms with E-state index in [1.165, 1.54) is 11.7 Å². The number of nitrogens with zero attached hydrogens (tertiary/aromatic N) is 1. The molecule has 0 aliphatic heterocycles. The smallest absolute Gasteiger partial charge is 0.339 e. The molecule has 1 aromatic heterocycles. The van der Waals surface area contributed by atoms with Crippen molar-refractivity contribution in [1.82, 2.24) is 4.57 Å². The Morgan fingerprint density at radius 3 is 2.55 bits per heavy atom.